The second kappa shape index (κ2) is 6.39. The van der Waals surface area contributed by atoms with E-state index in [2.05, 4.69) is 17.6 Å². The fourth-order valence-electron chi connectivity index (χ4n) is 2.30. The average Bonchev–Trinajstić information content (AvgIpc) is 2.86. The largest absolute Gasteiger partial charge is 0.478 e. The number of aromatic carboxylic acids is 1. The molecule has 0 aliphatic carbocycles. The van der Waals surface area contributed by atoms with Crippen molar-refractivity contribution >= 4 is 29.4 Å². The average molecular weight is 308 g/mol. The summed E-state index contributed by atoms with van der Waals surface area (Å²) in [5.74, 6) is 0.132. The van der Waals surface area contributed by atoms with Crippen molar-refractivity contribution in [2.45, 2.75) is 31.4 Å². The lowest BCUT2D eigenvalue weighted by Crippen LogP contribution is -2.39. The summed E-state index contributed by atoms with van der Waals surface area (Å²) in [6.07, 6.45) is 2.29. The number of anilines is 1. The van der Waals surface area contributed by atoms with Crippen LogP contribution in [0.1, 0.15) is 35.7 Å². The number of carboxylic acids is 1. The van der Waals surface area contributed by atoms with E-state index in [9.17, 15) is 9.59 Å². The van der Waals surface area contributed by atoms with E-state index in [0.29, 0.717) is 12.2 Å². The Balaban J connectivity index is 1.96. The van der Waals surface area contributed by atoms with Gasteiger partial charge in [-0.2, -0.15) is 11.8 Å². The number of carboxylic acid groups (broad SMARTS) is 1. The van der Waals surface area contributed by atoms with Crippen LogP contribution in [-0.2, 0) is 0 Å². The van der Waals surface area contributed by atoms with Crippen LogP contribution in [-0.4, -0.2) is 34.2 Å². The Labute approximate surface area is 128 Å². The normalized spacial score (nSPS) is 21.0. The van der Waals surface area contributed by atoms with E-state index in [1.807, 2.05) is 18.7 Å². The molecule has 1 aromatic carbocycles. The first-order chi connectivity index (χ1) is 9.89. The zero-order chi connectivity index (χ0) is 15.5. The molecule has 6 heteroatoms. The summed E-state index contributed by atoms with van der Waals surface area (Å²) in [6.45, 7) is 4.60. The van der Waals surface area contributed by atoms with Crippen molar-refractivity contribution in [2.75, 3.05) is 17.6 Å². The molecule has 2 rings (SSSR count). The number of carbonyl (C=O) groups is 2. The summed E-state index contributed by atoms with van der Waals surface area (Å²) >= 11 is 1.88. The molecule has 21 heavy (non-hydrogen) atoms. The third-order valence-electron chi connectivity index (χ3n) is 3.66. The molecule has 114 valence electrons. The molecule has 2 amide bonds. The second-order valence-corrected chi connectivity index (χ2v) is 7.23. The molecule has 0 saturated carbocycles. The van der Waals surface area contributed by atoms with Crippen LogP contribution in [0.25, 0.3) is 0 Å². The van der Waals surface area contributed by atoms with Crippen LogP contribution in [0.3, 0.4) is 0 Å². The van der Waals surface area contributed by atoms with E-state index < -0.39 is 5.97 Å². The zero-order valence-electron chi connectivity index (χ0n) is 12.2. The Kier molecular flexibility index (Phi) is 4.77. The van der Waals surface area contributed by atoms with E-state index in [0.717, 1.165) is 17.7 Å². The van der Waals surface area contributed by atoms with Crippen LogP contribution >= 0.6 is 11.8 Å². The molecular formula is C15H20N2O3S. The number of thioether (sulfide) groups is 1. The van der Waals surface area contributed by atoms with Gasteiger partial charge in [-0.05, 0) is 50.1 Å². The third kappa shape index (κ3) is 4.14. The number of rotatable bonds is 4. The first-order valence-electron chi connectivity index (χ1n) is 6.92. The fourth-order valence-corrected chi connectivity index (χ4v) is 3.54. The lowest BCUT2D eigenvalue weighted by Gasteiger charge is -2.23. The maximum atomic E-state index is 12.0. The van der Waals surface area contributed by atoms with E-state index in [1.165, 1.54) is 18.6 Å². The topological polar surface area (TPSA) is 78.4 Å². The number of nitrogens with one attached hydrogen (secondary N) is 2. The first-order valence-corrected chi connectivity index (χ1v) is 7.91. The Bertz CT molecular complexity index is 554. The molecule has 5 nitrogen and oxygen atoms in total. The molecule has 1 fully saturated rings. The van der Waals surface area contributed by atoms with Gasteiger partial charge >= 0.3 is 12.0 Å². The Morgan fingerprint density at radius 2 is 2.19 bits per heavy atom. The monoisotopic (exact) mass is 308 g/mol. The number of amides is 2. The number of hydrogen-bond acceptors (Lipinski definition) is 3. The van der Waals surface area contributed by atoms with Gasteiger partial charge in [0.1, 0.15) is 0 Å². The Morgan fingerprint density at radius 1 is 1.43 bits per heavy atom. The quantitative estimate of drug-likeness (QED) is 0.798. The van der Waals surface area contributed by atoms with Crippen molar-refractivity contribution < 1.29 is 14.7 Å². The second-order valence-electron chi connectivity index (χ2n) is 5.54. The molecule has 1 unspecified atom stereocenters. The molecule has 0 spiro atoms. The minimum absolute atomic E-state index is 0.106. The molecule has 1 aromatic rings. The van der Waals surface area contributed by atoms with Gasteiger partial charge < -0.3 is 15.7 Å². The van der Waals surface area contributed by atoms with Crippen LogP contribution < -0.4 is 10.6 Å². The van der Waals surface area contributed by atoms with E-state index in [4.69, 9.17) is 5.11 Å². The highest BCUT2D eigenvalue weighted by atomic mass is 32.2. The predicted octanol–water partition coefficient (Wildman–Crippen LogP) is 3.10. The van der Waals surface area contributed by atoms with Gasteiger partial charge in [-0.25, -0.2) is 9.59 Å². The van der Waals surface area contributed by atoms with Crippen LogP contribution in [0.15, 0.2) is 18.2 Å². The van der Waals surface area contributed by atoms with Crippen molar-refractivity contribution in [3.05, 3.63) is 29.3 Å². The van der Waals surface area contributed by atoms with E-state index >= 15 is 0 Å². The molecule has 1 heterocycles. The lowest BCUT2D eigenvalue weighted by atomic mass is 10.1. The highest BCUT2D eigenvalue weighted by Crippen LogP contribution is 2.36. The third-order valence-corrected chi connectivity index (χ3v) is 5.19. The predicted molar refractivity (Wildman–Crippen MR) is 85.3 cm³/mol. The summed E-state index contributed by atoms with van der Waals surface area (Å²) in [5, 5.41) is 14.6. The molecular weight excluding hydrogens is 288 g/mol. The highest BCUT2D eigenvalue weighted by Gasteiger charge is 2.29. The SMILES string of the molecule is Cc1ccc(C(=O)O)cc1NC(=O)NCC1(C)CCCS1. The van der Waals surface area contributed by atoms with Crippen molar-refractivity contribution in [3.63, 3.8) is 0 Å². The highest BCUT2D eigenvalue weighted by molar-refractivity contribution is 8.00. The molecule has 0 aromatic heterocycles. The van der Waals surface area contributed by atoms with Gasteiger partial charge in [0.2, 0.25) is 0 Å². The molecule has 3 N–H and O–H groups in total. The minimum atomic E-state index is -1.01. The van der Waals surface area contributed by atoms with Gasteiger partial charge in [-0.1, -0.05) is 6.07 Å². The van der Waals surface area contributed by atoms with Crippen LogP contribution in [0.4, 0.5) is 10.5 Å². The van der Waals surface area contributed by atoms with Gasteiger partial charge in [-0.15, -0.1) is 0 Å². The molecule has 0 radical (unpaired) electrons. The molecule has 1 aliphatic heterocycles. The number of urea groups is 1. The summed E-state index contributed by atoms with van der Waals surface area (Å²) in [7, 11) is 0. The lowest BCUT2D eigenvalue weighted by molar-refractivity contribution is 0.0697. The minimum Gasteiger partial charge on any atom is -0.478 e. The maximum absolute atomic E-state index is 12.0. The van der Waals surface area contributed by atoms with Gasteiger partial charge in [0, 0.05) is 17.0 Å². The Morgan fingerprint density at radius 3 is 2.81 bits per heavy atom. The standard InChI is InChI=1S/C15H20N2O3S/c1-10-4-5-11(13(18)19)8-12(10)17-14(20)16-9-15(2)6-3-7-21-15/h4-5,8H,3,6-7,9H2,1-2H3,(H,18,19)(H2,16,17,20). The van der Waals surface area contributed by atoms with Gasteiger partial charge in [0.15, 0.2) is 0 Å². The van der Waals surface area contributed by atoms with Crippen molar-refractivity contribution in [2.24, 2.45) is 0 Å². The fraction of sp³-hybridized carbons (Fsp3) is 0.467. The number of aryl methyl sites for hydroxylation is 1. The number of carbonyl (C=O) groups excluding carboxylic acids is 1. The Hall–Kier alpha value is -1.69. The van der Waals surface area contributed by atoms with E-state index in [-0.39, 0.29) is 16.3 Å². The van der Waals surface area contributed by atoms with Crippen LogP contribution in [0.2, 0.25) is 0 Å². The number of benzene rings is 1. The summed E-state index contributed by atoms with van der Waals surface area (Å²) < 4.78 is 0.106. The van der Waals surface area contributed by atoms with Crippen molar-refractivity contribution in [1.29, 1.82) is 0 Å². The van der Waals surface area contributed by atoms with Crippen molar-refractivity contribution in [1.82, 2.24) is 5.32 Å². The molecule has 1 atom stereocenters. The zero-order valence-corrected chi connectivity index (χ0v) is 13.0. The van der Waals surface area contributed by atoms with Crippen molar-refractivity contribution in [3.8, 4) is 0 Å². The molecule has 1 saturated heterocycles. The van der Waals surface area contributed by atoms with Gasteiger partial charge in [0.05, 0.1) is 5.56 Å². The summed E-state index contributed by atoms with van der Waals surface area (Å²) in [6, 6.07) is 4.39. The van der Waals surface area contributed by atoms with Gasteiger partial charge in [-0.3, -0.25) is 0 Å². The number of hydrogen-bond donors (Lipinski definition) is 3. The molecule has 0 bridgehead atoms. The summed E-state index contributed by atoms with van der Waals surface area (Å²) in [5.41, 5.74) is 1.52. The van der Waals surface area contributed by atoms with E-state index in [1.54, 1.807) is 6.07 Å². The molecule has 1 aliphatic rings. The maximum Gasteiger partial charge on any atom is 0.335 e. The van der Waals surface area contributed by atoms with Gasteiger partial charge in [0.25, 0.3) is 0 Å². The summed E-state index contributed by atoms with van der Waals surface area (Å²) in [4.78, 5) is 22.9. The first kappa shape index (κ1) is 15.7. The smallest absolute Gasteiger partial charge is 0.335 e. The van der Waals surface area contributed by atoms with Crippen LogP contribution in [0, 0.1) is 6.92 Å². The van der Waals surface area contributed by atoms with Crippen LogP contribution in [0.5, 0.6) is 0 Å².